The fourth-order valence-corrected chi connectivity index (χ4v) is 3.94. The predicted octanol–water partition coefficient (Wildman–Crippen LogP) is 6.11. The second-order valence-electron chi connectivity index (χ2n) is 7.02. The first-order chi connectivity index (χ1) is 11.7. The van der Waals surface area contributed by atoms with Gasteiger partial charge in [0, 0.05) is 0 Å². The molecule has 0 saturated heterocycles. The minimum atomic E-state index is 0.556. The van der Waals surface area contributed by atoms with E-state index in [1.54, 1.807) is 0 Å². The molecule has 3 aromatic carbocycles. The van der Waals surface area contributed by atoms with Crippen LogP contribution in [0.1, 0.15) is 40.7 Å². The second kappa shape index (κ2) is 6.28. The summed E-state index contributed by atoms with van der Waals surface area (Å²) >= 11 is 0. The molecular formula is C24H24. The van der Waals surface area contributed by atoms with Gasteiger partial charge in [0.2, 0.25) is 0 Å². The fourth-order valence-electron chi connectivity index (χ4n) is 3.94. The number of benzene rings is 3. The van der Waals surface area contributed by atoms with Gasteiger partial charge in [-0.3, -0.25) is 0 Å². The third kappa shape index (κ3) is 2.78. The highest BCUT2D eigenvalue weighted by atomic mass is 14.3. The van der Waals surface area contributed by atoms with E-state index in [0.717, 1.165) is 19.3 Å². The summed E-state index contributed by atoms with van der Waals surface area (Å²) < 4.78 is 0. The van der Waals surface area contributed by atoms with Crippen LogP contribution in [0.15, 0.2) is 66.7 Å². The number of fused-ring (bicyclic) bond motifs is 3. The molecule has 1 atom stereocenters. The molecule has 0 aliphatic heterocycles. The zero-order valence-corrected chi connectivity index (χ0v) is 14.5. The summed E-state index contributed by atoms with van der Waals surface area (Å²) in [6.07, 6.45) is 3.35. The normalized spacial score (nSPS) is 16.2. The largest absolute Gasteiger partial charge is 0.0620 e. The molecule has 0 amide bonds. The molecule has 0 saturated carbocycles. The van der Waals surface area contributed by atoms with Gasteiger partial charge < -0.3 is 0 Å². The lowest BCUT2D eigenvalue weighted by atomic mass is 9.88. The number of hydrogen-bond acceptors (Lipinski definition) is 0. The SMILES string of the molecule is CCc1ccc2c(c1)CC(c1ccc(C)cc1)Cc1ccccc1-2. The summed E-state index contributed by atoms with van der Waals surface area (Å²) in [4.78, 5) is 0. The molecule has 3 aromatic rings. The van der Waals surface area contributed by atoms with Crippen molar-refractivity contribution in [1.82, 2.24) is 0 Å². The molecule has 24 heavy (non-hydrogen) atoms. The van der Waals surface area contributed by atoms with Gasteiger partial charge in [0.25, 0.3) is 0 Å². The van der Waals surface area contributed by atoms with Crippen LogP contribution in [0.4, 0.5) is 0 Å². The topological polar surface area (TPSA) is 0 Å². The molecule has 1 aliphatic carbocycles. The van der Waals surface area contributed by atoms with Crippen LogP contribution in [-0.2, 0) is 19.3 Å². The third-order valence-electron chi connectivity index (χ3n) is 5.37. The van der Waals surface area contributed by atoms with Crippen LogP contribution in [0.3, 0.4) is 0 Å². The number of aryl methyl sites for hydroxylation is 2. The number of hydrogen-bond donors (Lipinski definition) is 0. The molecule has 0 bridgehead atoms. The highest BCUT2D eigenvalue weighted by molar-refractivity contribution is 5.72. The molecule has 120 valence electrons. The Morgan fingerprint density at radius 3 is 2.29 bits per heavy atom. The molecule has 0 nitrogen and oxygen atoms in total. The van der Waals surface area contributed by atoms with E-state index in [2.05, 4.69) is 80.6 Å². The molecule has 0 N–H and O–H groups in total. The molecule has 1 aliphatic rings. The zero-order chi connectivity index (χ0) is 16.5. The highest BCUT2D eigenvalue weighted by Gasteiger charge is 2.22. The molecule has 0 heterocycles. The third-order valence-corrected chi connectivity index (χ3v) is 5.37. The van der Waals surface area contributed by atoms with Crippen LogP contribution in [0, 0.1) is 6.92 Å². The van der Waals surface area contributed by atoms with Crippen molar-refractivity contribution in [3.8, 4) is 11.1 Å². The first-order valence-electron chi connectivity index (χ1n) is 9.01. The van der Waals surface area contributed by atoms with Gasteiger partial charge in [-0.2, -0.15) is 0 Å². The Kier molecular flexibility index (Phi) is 3.98. The van der Waals surface area contributed by atoms with Crippen molar-refractivity contribution < 1.29 is 0 Å². The van der Waals surface area contributed by atoms with Gasteiger partial charge in [-0.25, -0.2) is 0 Å². The van der Waals surface area contributed by atoms with Crippen LogP contribution in [-0.4, -0.2) is 0 Å². The molecule has 0 fully saturated rings. The van der Waals surface area contributed by atoms with Crippen molar-refractivity contribution in [3.63, 3.8) is 0 Å². The van der Waals surface area contributed by atoms with Crippen LogP contribution in [0.5, 0.6) is 0 Å². The maximum atomic E-state index is 2.43. The van der Waals surface area contributed by atoms with Gasteiger partial charge in [0.05, 0.1) is 0 Å². The van der Waals surface area contributed by atoms with Crippen molar-refractivity contribution in [3.05, 3.63) is 94.5 Å². The molecule has 0 spiro atoms. The fraction of sp³-hybridized carbons (Fsp3) is 0.250. The lowest BCUT2D eigenvalue weighted by Gasteiger charge is -2.16. The Hall–Kier alpha value is -2.34. The summed E-state index contributed by atoms with van der Waals surface area (Å²) in [6.45, 7) is 4.40. The summed E-state index contributed by atoms with van der Waals surface area (Å²) in [5, 5.41) is 0. The van der Waals surface area contributed by atoms with Crippen LogP contribution in [0.2, 0.25) is 0 Å². The summed E-state index contributed by atoms with van der Waals surface area (Å²) in [5.41, 5.74) is 10.1. The Morgan fingerprint density at radius 1 is 0.792 bits per heavy atom. The van der Waals surface area contributed by atoms with Crippen molar-refractivity contribution >= 4 is 0 Å². The summed E-state index contributed by atoms with van der Waals surface area (Å²) in [6, 6.07) is 25.1. The van der Waals surface area contributed by atoms with Gasteiger partial charge in [-0.15, -0.1) is 0 Å². The van der Waals surface area contributed by atoms with Gasteiger partial charge in [0.1, 0.15) is 0 Å². The average molecular weight is 312 g/mol. The predicted molar refractivity (Wildman–Crippen MR) is 103 cm³/mol. The molecule has 0 aromatic heterocycles. The lowest BCUT2D eigenvalue weighted by molar-refractivity contribution is 0.688. The van der Waals surface area contributed by atoms with Gasteiger partial charge in [-0.05, 0) is 65.5 Å². The summed E-state index contributed by atoms with van der Waals surface area (Å²) in [7, 11) is 0. The maximum Gasteiger partial charge on any atom is -0.00806 e. The minimum Gasteiger partial charge on any atom is -0.0620 e. The average Bonchev–Trinajstić information content (AvgIpc) is 2.78. The van der Waals surface area contributed by atoms with E-state index in [4.69, 9.17) is 0 Å². The van der Waals surface area contributed by atoms with Crippen LogP contribution < -0.4 is 0 Å². The van der Waals surface area contributed by atoms with Gasteiger partial charge >= 0.3 is 0 Å². The Balaban J connectivity index is 1.85. The Bertz CT molecular complexity index is 855. The lowest BCUT2D eigenvalue weighted by Crippen LogP contribution is -2.05. The van der Waals surface area contributed by atoms with Crippen molar-refractivity contribution in [2.24, 2.45) is 0 Å². The minimum absolute atomic E-state index is 0.556. The zero-order valence-electron chi connectivity index (χ0n) is 14.5. The highest BCUT2D eigenvalue weighted by Crippen LogP contribution is 2.38. The smallest absolute Gasteiger partial charge is 0.00806 e. The Morgan fingerprint density at radius 2 is 1.50 bits per heavy atom. The van der Waals surface area contributed by atoms with E-state index >= 15 is 0 Å². The molecule has 1 unspecified atom stereocenters. The van der Waals surface area contributed by atoms with Crippen molar-refractivity contribution in [2.45, 2.75) is 39.0 Å². The van der Waals surface area contributed by atoms with Gasteiger partial charge in [-0.1, -0.05) is 79.2 Å². The number of rotatable bonds is 2. The van der Waals surface area contributed by atoms with E-state index in [-0.39, 0.29) is 0 Å². The molecule has 0 heteroatoms. The monoisotopic (exact) mass is 312 g/mol. The van der Waals surface area contributed by atoms with E-state index in [1.165, 1.54) is 38.9 Å². The van der Waals surface area contributed by atoms with E-state index < -0.39 is 0 Å². The van der Waals surface area contributed by atoms with Crippen LogP contribution in [0.25, 0.3) is 11.1 Å². The van der Waals surface area contributed by atoms with Crippen molar-refractivity contribution in [2.75, 3.05) is 0 Å². The molecule has 4 rings (SSSR count). The maximum absolute atomic E-state index is 2.43. The van der Waals surface area contributed by atoms with E-state index in [9.17, 15) is 0 Å². The quantitative estimate of drug-likeness (QED) is 0.536. The van der Waals surface area contributed by atoms with Gasteiger partial charge in [0.15, 0.2) is 0 Å². The first kappa shape index (κ1) is 15.2. The van der Waals surface area contributed by atoms with Crippen LogP contribution >= 0.6 is 0 Å². The standard InChI is InChI=1S/C24H24/c1-3-18-10-13-24-22(14-18)16-21(19-11-8-17(2)9-12-19)15-20-6-4-5-7-23(20)24/h4-14,21H,3,15-16H2,1-2H3. The van der Waals surface area contributed by atoms with Crippen molar-refractivity contribution in [1.29, 1.82) is 0 Å². The second-order valence-corrected chi connectivity index (χ2v) is 7.02. The Labute approximate surface area is 145 Å². The van der Waals surface area contributed by atoms with E-state index in [0.29, 0.717) is 5.92 Å². The van der Waals surface area contributed by atoms with E-state index in [1.807, 2.05) is 0 Å². The molecule has 0 radical (unpaired) electrons. The first-order valence-corrected chi connectivity index (χ1v) is 9.01. The molecular weight excluding hydrogens is 288 g/mol. The summed E-state index contributed by atoms with van der Waals surface area (Å²) in [5.74, 6) is 0.556.